The highest BCUT2D eigenvalue weighted by atomic mass is 32.2. The van der Waals surface area contributed by atoms with Gasteiger partial charge in [-0.15, -0.1) is 0 Å². The van der Waals surface area contributed by atoms with Gasteiger partial charge in [-0.2, -0.15) is 4.98 Å². The lowest BCUT2D eigenvalue weighted by Gasteiger charge is -2.34. The number of nitrogens with one attached hydrogen (secondary N) is 1. The summed E-state index contributed by atoms with van der Waals surface area (Å²) < 4.78 is 0. The average Bonchev–Trinajstić information content (AvgIpc) is 3.05. The van der Waals surface area contributed by atoms with Gasteiger partial charge in [0, 0.05) is 37.8 Å². The minimum absolute atomic E-state index is 0.00950. The first-order valence-corrected chi connectivity index (χ1v) is 9.45. The molecule has 2 fully saturated rings. The van der Waals surface area contributed by atoms with E-state index in [9.17, 15) is 14.4 Å². The maximum Gasteiger partial charge on any atom is 0.290 e. The van der Waals surface area contributed by atoms with Crippen LogP contribution < -0.4 is 10.2 Å². The van der Waals surface area contributed by atoms with Crippen molar-refractivity contribution in [2.24, 2.45) is 0 Å². The van der Waals surface area contributed by atoms with Crippen molar-refractivity contribution in [3.05, 3.63) is 53.0 Å². The Kier molecular flexibility index (Phi) is 5.02. The van der Waals surface area contributed by atoms with Gasteiger partial charge in [-0.1, -0.05) is 18.2 Å². The molecule has 28 heavy (non-hydrogen) atoms. The van der Waals surface area contributed by atoms with Crippen LogP contribution in [0.15, 0.2) is 41.6 Å². The van der Waals surface area contributed by atoms with Crippen LogP contribution in [0.3, 0.4) is 0 Å². The van der Waals surface area contributed by atoms with Crippen molar-refractivity contribution in [2.75, 3.05) is 31.1 Å². The molecule has 0 radical (unpaired) electrons. The molecule has 9 nitrogen and oxygen atoms in total. The number of benzene rings is 1. The van der Waals surface area contributed by atoms with Crippen LogP contribution in [0.4, 0.5) is 10.7 Å². The molecule has 2 aliphatic rings. The molecule has 2 saturated heterocycles. The van der Waals surface area contributed by atoms with Crippen LogP contribution in [0.1, 0.15) is 16.2 Å². The Balaban J connectivity index is 1.43. The maximum absolute atomic E-state index is 12.5. The predicted octanol–water partition coefficient (Wildman–Crippen LogP) is 1.16. The quantitative estimate of drug-likeness (QED) is 0.770. The number of rotatable bonds is 3. The summed E-state index contributed by atoms with van der Waals surface area (Å²) >= 11 is 0.815. The zero-order chi connectivity index (χ0) is 19.5. The number of carbonyl (C=O) groups excluding carboxylic acids is 3. The summed E-state index contributed by atoms with van der Waals surface area (Å²) in [6.45, 7) is 2.30. The number of aromatic nitrogens is 3. The standard InChI is InChI=1S/C18H16N6O3S/c25-15-13(28-18(27)22-15)10-14-19-11-20-17(21-14)24-8-6-23(7-9-24)16(26)12-4-2-1-3-5-12/h1-5,10-11H,6-9H2,(H,22,25,27). The number of amides is 3. The number of anilines is 1. The molecule has 0 unspecified atom stereocenters. The second-order valence-corrected chi connectivity index (χ2v) is 7.16. The maximum atomic E-state index is 12.5. The van der Waals surface area contributed by atoms with Crippen molar-refractivity contribution in [3.8, 4) is 0 Å². The Hall–Kier alpha value is -3.27. The summed E-state index contributed by atoms with van der Waals surface area (Å²) in [6.07, 6.45) is 2.83. The van der Waals surface area contributed by atoms with E-state index in [-0.39, 0.29) is 10.8 Å². The Morgan fingerprint density at radius 1 is 1.07 bits per heavy atom. The van der Waals surface area contributed by atoms with Crippen LogP contribution in [0.2, 0.25) is 0 Å². The predicted molar refractivity (Wildman–Crippen MR) is 103 cm³/mol. The number of carbonyl (C=O) groups is 3. The van der Waals surface area contributed by atoms with Crippen LogP contribution in [-0.4, -0.2) is 63.1 Å². The van der Waals surface area contributed by atoms with Crippen LogP contribution in [0, 0.1) is 0 Å². The zero-order valence-electron chi connectivity index (χ0n) is 14.7. The average molecular weight is 396 g/mol. The largest absolute Gasteiger partial charge is 0.337 e. The van der Waals surface area contributed by atoms with Crippen LogP contribution in [-0.2, 0) is 4.79 Å². The fourth-order valence-electron chi connectivity index (χ4n) is 2.93. The third-order valence-electron chi connectivity index (χ3n) is 4.35. The van der Waals surface area contributed by atoms with Crippen LogP contribution in [0.25, 0.3) is 6.08 Å². The SMILES string of the molecule is O=C1NC(=O)C(=Cc2ncnc(N3CCN(C(=O)c4ccccc4)CC3)n2)S1. The summed E-state index contributed by atoms with van der Waals surface area (Å²) in [5.74, 6) is 0.337. The van der Waals surface area contributed by atoms with Gasteiger partial charge in [0.05, 0.1) is 4.91 Å². The molecule has 0 aliphatic carbocycles. The van der Waals surface area contributed by atoms with E-state index >= 15 is 0 Å². The molecule has 0 spiro atoms. The molecule has 2 aliphatic heterocycles. The Morgan fingerprint density at radius 2 is 1.82 bits per heavy atom. The van der Waals surface area contributed by atoms with Gasteiger partial charge in [0.1, 0.15) is 6.33 Å². The van der Waals surface area contributed by atoms with Gasteiger partial charge in [0.2, 0.25) is 5.95 Å². The lowest BCUT2D eigenvalue weighted by Crippen LogP contribution is -2.49. The summed E-state index contributed by atoms with van der Waals surface area (Å²) in [7, 11) is 0. The Labute approximate surface area is 164 Å². The first kappa shape index (κ1) is 18.1. The second-order valence-electron chi connectivity index (χ2n) is 6.14. The van der Waals surface area contributed by atoms with Crippen LogP contribution in [0.5, 0.6) is 0 Å². The summed E-state index contributed by atoms with van der Waals surface area (Å²) in [4.78, 5) is 52.1. The smallest absolute Gasteiger partial charge is 0.290 e. The number of piperazine rings is 1. The first-order valence-electron chi connectivity index (χ1n) is 8.63. The van der Waals surface area contributed by atoms with E-state index in [4.69, 9.17) is 0 Å². The van der Waals surface area contributed by atoms with E-state index in [0.717, 1.165) is 11.8 Å². The third kappa shape index (κ3) is 3.86. The lowest BCUT2D eigenvalue weighted by molar-refractivity contribution is -0.115. The van der Waals surface area contributed by atoms with Crippen molar-refractivity contribution in [1.82, 2.24) is 25.2 Å². The highest BCUT2D eigenvalue weighted by molar-refractivity contribution is 8.18. The van der Waals surface area contributed by atoms with E-state index in [2.05, 4.69) is 20.3 Å². The summed E-state index contributed by atoms with van der Waals surface area (Å²) in [5, 5.41) is 1.78. The highest BCUT2D eigenvalue weighted by Crippen LogP contribution is 2.24. The van der Waals surface area contributed by atoms with Crippen molar-refractivity contribution in [2.45, 2.75) is 0 Å². The first-order chi connectivity index (χ1) is 13.6. The molecular weight excluding hydrogens is 380 g/mol. The van der Waals surface area contributed by atoms with E-state index in [1.165, 1.54) is 12.4 Å². The molecular formula is C18H16N6O3S. The van der Waals surface area contributed by atoms with E-state index in [0.29, 0.717) is 43.5 Å². The molecule has 0 atom stereocenters. The summed E-state index contributed by atoms with van der Waals surface area (Å²) in [5.41, 5.74) is 0.673. The van der Waals surface area contributed by atoms with Gasteiger partial charge >= 0.3 is 0 Å². The van der Waals surface area contributed by atoms with Crippen LogP contribution >= 0.6 is 11.8 Å². The second kappa shape index (κ2) is 7.77. The van der Waals surface area contributed by atoms with Gasteiger partial charge in [-0.3, -0.25) is 19.7 Å². The molecule has 4 rings (SSSR count). The fourth-order valence-corrected chi connectivity index (χ4v) is 3.58. The van der Waals surface area contributed by atoms with Gasteiger partial charge < -0.3 is 9.80 Å². The Morgan fingerprint density at radius 3 is 2.50 bits per heavy atom. The fraction of sp³-hybridized carbons (Fsp3) is 0.222. The minimum atomic E-state index is -0.454. The number of nitrogens with zero attached hydrogens (tertiary/aromatic N) is 5. The molecule has 1 N–H and O–H groups in total. The Bertz CT molecular complexity index is 957. The number of thioether (sulfide) groups is 1. The summed E-state index contributed by atoms with van der Waals surface area (Å²) in [6, 6.07) is 9.19. The monoisotopic (exact) mass is 396 g/mol. The molecule has 142 valence electrons. The highest BCUT2D eigenvalue weighted by Gasteiger charge is 2.26. The van der Waals surface area contributed by atoms with E-state index in [1.807, 2.05) is 35.2 Å². The molecule has 0 saturated carbocycles. The third-order valence-corrected chi connectivity index (χ3v) is 5.16. The van der Waals surface area contributed by atoms with Crippen molar-refractivity contribution in [3.63, 3.8) is 0 Å². The number of imide groups is 1. The minimum Gasteiger partial charge on any atom is -0.337 e. The molecule has 3 heterocycles. The molecule has 2 aromatic rings. The van der Waals surface area contributed by atoms with Gasteiger partial charge in [0.15, 0.2) is 5.82 Å². The normalized spacial score (nSPS) is 18.5. The molecule has 0 bridgehead atoms. The number of hydrogen-bond donors (Lipinski definition) is 1. The van der Waals surface area contributed by atoms with Gasteiger partial charge in [-0.05, 0) is 23.9 Å². The van der Waals surface area contributed by atoms with Crippen molar-refractivity contribution in [1.29, 1.82) is 0 Å². The molecule has 10 heteroatoms. The zero-order valence-corrected chi connectivity index (χ0v) is 15.6. The molecule has 1 aromatic carbocycles. The lowest BCUT2D eigenvalue weighted by atomic mass is 10.2. The molecule has 3 amide bonds. The van der Waals surface area contributed by atoms with Crippen molar-refractivity contribution < 1.29 is 14.4 Å². The number of hydrogen-bond acceptors (Lipinski definition) is 8. The van der Waals surface area contributed by atoms with Crippen molar-refractivity contribution >= 4 is 40.8 Å². The topological polar surface area (TPSA) is 108 Å². The van der Waals surface area contributed by atoms with Gasteiger partial charge in [-0.25, -0.2) is 9.97 Å². The molecule has 1 aromatic heterocycles. The van der Waals surface area contributed by atoms with E-state index < -0.39 is 11.1 Å². The van der Waals surface area contributed by atoms with E-state index in [1.54, 1.807) is 4.90 Å². The van der Waals surface area contributed by atoms with Gasteiger partial charge in [0.25, 0.3) is 17.1 Å².